The van der Waals surface area contributed by atoms with Crippen LogP contribution in [0.5, 0.6) is 0 Å². The van der Waals surface area contributed by atoms with Gasteiger partial charge < -0.3 is 14.2 Å². The molecule has 3 heterocycles. The Labute approximate surface area is 324 Å². The Balaban J connectivity index is 1.08. The number of hydrogen-bond donors (Lipinski definition) is 0. The Morgan fingerprint density at radius 1 is 0.351 bits per heavy atom. The van der Waals surface area contributed by atoms with Crippen molar-refractivity contribution in [2.24, 2.45) is 15.0 Å². The van der Waals surface area contributed by atoms with Crippen molar-refractivity contribution in [1.29, 1.82) is 0 Å². The molecule has 270 valence electrons. The highest BCUT2D eigenvalue weighted by Gasteiger charge is 2.31. The quantitative estimate of drug-likeness (QED) is 0.0954. The molecule has 57 heavy (non-hydrogen) atoms. The minimum absolute atomic E-state index is 0.00229. The summed E-state index contributed by atoms with van der Waals surface area (Å²) < 4.78 is 17.2. The van der Waals surface area contributed by atoms with Crippen molar-refractivity contribution in [1.82, 2.24) is 0 Å². The van der Waals surface area contributed by atoms with Crippen LogP contribution < -0.4 is 0 Å². The minimum Gasteiger partial charge on any atom is -0.402 e. The van der Waals surface area contributed by atoms with Crippen molar-refractivity contribution >= 4 is 86.1 Å². The molecule has 0 N–H and O–H groups in total. The van der Waals surface area contributed by atoms with Crippen LogP contribution in [0, 0.1) is 0 Å². The second-order valence-corrected chi connectivity index (χ2v) is 13.5. The van der Waals surface area contributed by atoms with Gasteiger partial charge in [-0.15, -0.1) is 0 Å². The molecule has 9 nitrogen and oxygen atoms in total. The Bertz CT molecular complexity index is 2750. The van der Waals surface area contributed by atoms with E-state index >= 15 is 0 Å². The van der Waals surface area contributed by atoms with E-state index in [1.54, 1.807) is 36.4 Å². The molecule has 3 aliphatic heterocycles. The summed E-state index contributed by atoms with van der Waals surface area (Å²) in [6, 6.07) is 45.9. The van der Waals surface area contributed by atoms with Gasteiger partial charge in [-0.25, -0.2) is 29.4 Å². The zero-order valence-corrected chi connectivity index (χ0v) is 29.9. The van der Waals surface area contributed by atoms with Gasteiger partial charge in [0, 0.05) is 16.7 Å². The normalized spacial score (nSPS) is 17.4. The molecule has 7 aromatic rings. The lowest BCUT2D eigenvalue weighted by Gasteiger charge is -2.08. The number of aliphatic imine (C=N–C) groups is 3. The number of carbonyl (C=O) groups is 3. The highest BCUT2D eigenvalue weighted by Crippen LogP contribution is 2.30. The summed E-state index contributed by atoms with van der Waals surface area (Å²) in [7, 11) is 0. The minimum atomic E-state index is -0.639. The SMILES string of the molecule is O=C1OC(c2cc(C3=NC(=Cc4cccc5ccccc45)C(=O)O3)cc(C3=NC(=Cc4cccc5ccccc45)C(=O)O3)c2)=NC1=Cc1cccc2ccccc12. The van der Waals surface area contributed by atoms with Crippen LogP contribution in [0.1, 0.15) is 33.4 Å². The highest BCUT2D eigenvalue weighted by atomic mass is 16.6. The average Bonchev–Trinajstić information content (AvgIpc) is 3.93. The van der Waals surface area contributed by atoms with E-state index in [-0.39, 0.29) is 34.8 Å². The third kappa shape index (κ3) is 6.29. The van der Waals surface area contributed by atoms with Crippen molar-refractivity contribution in [3.05, 3.63) is 196 Å². The first-order valence-electron chi connectivity index (χ1n) is 18.1. The van der Waals surface area contributed by atoms with Crippen molar-refractivity contribution in [3.8, 4) is 0 Å². The maximum atomic E-state index is 13.3. The fraction of sp³-hybridized carbons (Fsp3) is 0. The van der Waals surface area contributed by atoms with Gasteiger partial charge in [-0.1, -0.05) is 127 Å². The van der Waals surface area contributed by atoms with Gasteiger partial charge in [-0.05, 0) is 85.4 Å². The molecule has 0 spiro atoms. The first-order chi connectivity index (χ1) is 27.9. The average molecular weight is 742 g/mol. The predicted octanol–water partition coefficient (Wildman–Crippen LogP) is 9.18. The molecule has 0 fully saturated rings. The molecule has 9 heteroatoms. The van der Waals surface area contributed by atoms with E-state index in [0.717, 1.165) is 49.0 Å². The predicted molar refractivity (Wildman–Crippen MR) is 220 cm³/mol. The number of esters is 3. The van der Waals surface area contributed by atoms with Crippen molar-refractivity contribution in [2.45, 2.75) is 0 Å². The number of ether oxygens (including phenoxy) is 3. The molecule has 0 aromatic heterocycles. The summed E-state index contributed by atoms with van der Waals surface area (Å²) in [5, 5.41) is 5.91. The molecule has 7 aromatic carbocycles. The summed E-state index contributed by atoms with van der Waals surface area (Å²) in [5.74, 6) is -1.91. The van der Waals surface area contributed by atoms with Crippen LogP contribution in [0.25, 0.3) is 50.5 Å². The maximum absolute atomic E-state index is 13.3. The Kier molecular flexibility index (Phi) is 8.04. The van der Waals surface area contributed by atoms with Gasteiger partial charge in [0.1, 0.15) is 0 Å². The third-order valence-electron chi connectivity index (χ3n) is 9.88. The molecule has 3 aliphatic rings. The van der Waals surface area contributed by atoms with Crippen LogP contribution in [0.4, 0.5) is 0 Å². The van der Waals surface area contributed by atoms with Crippen molar-refractivity contribution in [3.63, 3.8) is 0 Å². The van der Waals surface area contributed by atoms with Gasteiger partial charge in [0.2, 0.25) is 17.7 Å². The number of hydrogen-bond acceptors (Lipinski definition) is 9. The summed E-state index contributed by atoms with van der Waals surface area (Å²) in [5.41, 5.74) is 3.72. The molecule has 0 bridgehead atoms. The molecule has 0 saturated carbocycles. The zero-order valence-electron chi connectivity index (χ0n) is 29.9. The summed E-state index contributed by atoms with van der Waals surface area (Å²) in [6.07, 6.45) is 5.05. The lowest BCUT2D eigenvalue weighted by atomic mass is 10.0. The summed E-state index contributed by atoms with van der Waals surface area (Å²) >= 11 is 0. The van der Waals surface area contributed by atoms with E-state index in [1.165, 1.54) is 0 Å². The number of carbonyl (C=O) groups excluding carboxylic acids is 3. The molecular formula is C48H27N3O6. The molecule has 0 radical (unpaired) electrons. The van der Waals surface area contributed by atoms with Crippen LogP contribution in [-0.2, 0) is 28.6 Å². The Hall–Kier alpha value is -8.04. The van der Waals surface area contributed by atoms with Crippen LogP contribution in [-0.4, -0.2) is 35.6 Å². The van der Waals surface area contributed by atoms with E-state index in [2.05, 4.69) is 15.0 Å². The number of nitrogens with zero attached hydrogens (tertiary/aromatic N) is 3. The highest BCUT2D eigenvalue weighted by molar-refractivity contribution is 6.19. The third-order valence-corrected chi connectivity index (χ3v) is 9.88. The van der Waals surface area contributed by atoms with Crippen LogP contribution >= 0.6 is 0 Å². The summed E-state index contributed by atoms with van der Waals surface area (Å²) in [6.45, 7) is 0. The van der Waals surface area contributed by atoms with Crippen LogP contribution in [0.3, 0.4) is 0 Å². The van der Waals surface area contributed by atoms with Gasteiger partial charge in [0.25, 0.3) is 0 Å². The standard InChI is InChI=1S/C48H27N3O6/c52-46-40(25-31-16-7-13-28-10-1-4-19-37(28)31)49-43(55-46)34-22-35(44-50-41(47(53)56-44)26-32-17-8-14-29-11-2-5-20-38(29)32)24-36(23-34)45-51-42(48(54)57-45)27-33-18-9-15-30-12-3-6-21-39(30)33/h1-27H. The lowest BCUT2D eigenvalue weighted by molar-refractivity contribution is -0.130. The van der Waals surface area contributed by atoms with Crippen molar-refractivity contribution < 1.29 is 28.6 Å². The van der Waals surface area contributed by atoms with Gasteiger partial charge in [-0.3, -0.25) is 0 Å². The molecule has 0 unspecified atom stereocenters. The monoisotopic (exact) mass is 741 g/mol. The molecule has 0 atom stereocenters. The number of fused-ring (bicyclic) bond motifs is 3. The van der Waals surface area contributed by atoms with E-state index in [4.69, 9.17) is 14.2 Å². The topological polar surface area (TPSA) is 116 Å². The molecular weight excluding hydrogens is 715 g/mol. The van der Waals surface area contributed by atoms with E-state index < -0.39 is 17.9 Å². The zero-order chi connectivity index (χ0) is 38.5. The second-order valence-electron chi connectivity index (χ2n) is 13.5. The van der Waals surface area contributed by atoms with Crippen LogP contribution in [0.15, 0.2) is 178 Å². The number of cyclic esters (lactones) is 3. The van der Waals surface area contributed by atoms with Gasteiger partial charge >= 0.3 is 17.9 Å². The smallest absolute Gasteiger partial charge is 0.363 e. The van der Waals surface area contributed by atoms with E-state index in [1.807, 2.05) is 127 Å². The van der Waals surface area contributed by atoms with E-state index in [9.17, 15) is 14.4 Å². The van der Waals surface area contributed by atoms with Gasteiger partial charge in [-0.2, -0.15) is 0 Å². The fourth-order valence-electron chi connectivity index (χ4n) is 7.17. The first kappa shape index (κ1) is 33.5. The van der Waals surface area contributed by atoms with Crippen molar-refractivity contribution in [2.75, 3.05) is 0 Å². The number of benzene rings is 7. The maximum Gasteiger partial charge on any atom is 0.363 e. The largest absolute Gasteiger partial charge is 0.402 e. The first-order valence-corrected chi connectivity index (χ1v) is 18.1. The Morgan fingerprint density at radius 3 is 0.947 bits per heavy atom. The fourth-order valence-corrected chi connectivity index (χ4v) is 7.17. The molecule has 10 rings (SSSR count). The molecule has 0 amide bonds. The summed E-state index contributed by atoms with van der Waals surface area (Å²) in [4.78, 5) is 53.6. The van der Waals surface area contributed by atoms with Crippen LogP contribution in [0.2, 0.25) is 0 Å². The van der Waals surface area contributed by atoms with Gasteiger partial charge in [0.15, 0.2) is 17.1 Å². The van der Waals surface area contributed by atoms with E-state index in [0.29, 0.717) is 16.7 Å². The number of rotatable bonds is 6. The molecule has 0 saturated heterocycles. The van der Waals surface area contributed by atoms with Gasteiger partial charge in [0.05, 0.1) is 0 Å². The molecule has 0 aliphatic carbocycles. The Morgan fingerprint density at radius 2 is 0.632 bits per heavy atom. The second kappa shape index (κ2) is 13.7. The lowest BCUT2D eigenvalue weighted by Crippen LogP contribution is -2.13.